The van der Waals surface area contributed by atoms with Crippen LogP contribution in [-0.2, 0) is 5.41 Å². The molecule has 0 unspecified atom stereocenters. The summed E-state index contributed by atoms with van der Waals surface area (Å²) in [6, 6.07) is 14.8. The van der Waals surface area contributed by atoms with Gasteiger partial charge in [-0.25, -0.2) is 5.43 Å². The normalized spacial score (nSPS) is 11.1. The fourth-order valence-electron chi connectivity index (χ4n) is 2.16. The monoisotopic (exact) mass is 334 g/mol. The number of hydrogen-bond acceptors (Lipinski definition) is 3. The number of carbonyl (C=O) groups is 1. The largest absolute Gasteiger partial charge is 0.481 e. The molecule has 4 heteroatoms. The third-order valence-corrected chi connectivity index (χ3v) is 3.57. The number of benzene rings is 2. The molecule has 0 saturated carbocycles. The second-order valence-electron chi connectivity index (χ2n) is 6.59. The third kappa shape index (κ3) is 5.50. The van der Waals surface area contributed by atoms with E-state index >= 15 is 0 Å². The highest BCUT2D eigenvalue weighted by Gasteiger charge is 2.14. The van der Waals surface area contributed by atoms with E-state index in [1.807, 2.05) is 30.3 Å². The van der Waals surface area contributed by atoms with Gasteiger partial charge in [0.05, 0.1) is 6.21 Å². The maximum Gasteiger partial charge on any atom is 0.271 e. The molecular weight excluding hydrogens is 312 g/mol. The van der Waals surface area contributed by atoms with Gasteiger partial charge in [0.15, 0.2) is 0 Å². The Hall–Kier alpha value is -3.06. The Balaban J connectivity index is 1.97. The van der Waals surface area contributed by atoms with Crippen LogP contribution in [-0.4, -0.2) is 18.7 Å². The molecular formula is C21H22N2O2. The van der Waals surface area contributed by atoms with E-state index in [1.165, 1.54) is 5.56 Å². The van der Waals surface area contributed by atoms with E-state index in [0.717, 1.165) is 5.56 Å². The summed E-state index contributed by atoms with van der Waals surface area (Å²) in [5.74, 6) is 2.82. The molecule has 0 saturated heterocycles. The smallest absolute Gasteiger partial charge is 0.271 e. The van der Waals surface area contributed by atoms with Crippen LogP contribution >= 0.6 is 0 Å². The van der Waals surface area contributed by atoms with E-state index in [1.54, 1.807) is 24.4 Å². The molecule has 0 fully saturated rings. The standard InChI is InChI=1S/C21H22N2O2/c1-5-13-25-19-8-6-7-16(14-19)15-22-23-20(24)17-9-11-18(12-10-17)21(2,3)4/h1,6-12,14-15H,13H2,2-4H3,(H,23,24)/b22-15-. The van der Waals surface area contributed by atoms with Crippen LogP contribution in [0, 0.1) is 12.3 Å². The first-order valence-electron chi connectivity index (χ1n) is 8.00. The Morgan fingerprint density at radius 3 is 2.60 bits per heavy atom. The van der Waals surface area contributed by atoms with Gasteiger partial charge in [-0.05, 0) is 40.8 Å². The molecule has 0 spiro atoms. The van der Waals surface area contributed by atoms with Crippen LogP contribution in [0.25, 0.3) is 0 Å². The van der Waals surface area contributed by atoms with Crippen molar-refractivity contribution in [3.8, 4) is 18.1 Å². The van der Waals surface area contributed by atoms with Crippen LogP contribution in [0.2, 0.25) is 0 Å². The maximum absolute atomic E-state index is 12.1. The Morgan fingerprint density at radius 2 is 1.96 bits per heavy atom. The van der Waals surface area contributed by atoms with Crippen molar-refractivity contribution in [3.05, 3.63) is 65.2 Å². The highest BCUT2D eigenvalue weighted by Crippen LogP contribution is 2.22. The van der Waals surface area contributed by atoms with E-state index in [-0.39, 0.29) is 17.9 Å². The molecule has 0 radical (unpaired) electrons. The molecule has 0 aliphatic heterocycles. The molecule has 2 rings (SSSR count). The first-order valence-corrected chi connectivity index (χ1v) is 8.00. The molecule has 1 N–H and O–H groups in total. The Labute approximate surface area is 148 Å². The second-order valence-corrected chi connectivity index (χ2v) is 6.59. The van der Waals surface area contributed by atoms with Gasteiger partial charge in [-0.1, -0.05) is 51.0 Å². The number of hydrogen-bond donors (Lipinski definition) is 1. The lowest BCUT2D eigenvalue weighted by molar-refractivity contribution is 0.0955. The van der Waals surface area contributed by atoms with Crippen molar-refractivity contribution in [2.75, 3.05) is 6.61 Å². The predicted molar refractivity (Wildman–Crippen MR) is 101 cm³/mol. The highest BCUT2D eigenvalue weighted by atomic mass is 16.5. The minimum absolute atomic E-state index is 0.0552. The third-order valence-electron chi connectivity index (χ3n) is 3.57. The second kappa shape index (κ2) is 8.16. The minimum Gasteiger partial charge on any atom is -0.481 e. The molecule has 0 atom stereocenters. The van der Waals surface area contributed by atoms with E-state index in [4.69, 9.17) is 11.2 Å². The highest BCUT2D eigenvalue weighted by molar-refractivity contribution is 5.94. The lowest BCUT2D eigenvalue weighted by Gasteiger charge is -2.18. The number of ether oxygens (including phenoxy) is 1. The maximum atomic E-state index is 12.1. The number of nitrogens with one attached hydrogen (secondary N) is 1. The summed E-state index contributed by atoms with van der Waals surface area (Å²) in [6.07, 6.45) is 6.73. The zero-order valence-electron chi connectivity index (χ0n) is 14.7. The van der Waals surface area contributed by atoms with Crippen molar-refractivity contribution < 1.29 is 9.53 Å². The van der Waals surface area contributed by atoms with E-state index in [2.05, 4.69) is 37.2 Å². The van der Waals surface area contributed by atoms with Crippen molar-refractivity contribution in [2.24, 2.45) is 5.10 Å². The van der Waals surface area contributed by atoms with Crippen LogP contribution in [0.1, 0.15) is 42.3 Å². The van der Waals surface area contributed by atoms with Gasteiger partial charge in [-0.15, -0.1) is 6.42 Å². The van der Waals surface area contributed by atoms with Crippen molar-refractivity contribution in [2.45, 2.75) is 26.2 Å². The molecule has 4 nitrogen and oxygen atoms in total. The number of amides is 1. The number of carbonyl (C=O) groups excluding carboxylic acids is 1. The first-order chi connectivity index (χ1) is 11.9. The number of rotatable bonds is 5. The zero-order chi connectivity index (χ0) is 18.3. The van der Waals surface area contributed by atoms with Gasteiger partial charge in [0.25, 0.3) is 5.91 Å². The predicted octanol–water partition coefficient (Wildman–Crippen LogP) is 3.76. The van der Waals surface area contributed by atoms with Gasteiger partial charge in [0, 0.05) is 5.56 Å². The van der Waals surface area contributed by atoms with E-state index < -0.39 is 0 Å². The van der Waals surface area contributed by atoms with E-state index in [0.29, 0.717) is 11.3 Å². The van der Waals surface area contributed by atoms with Crippen LogP contribution in [0.4, 0.5) is 0 Å². The summed E-state index contributed by atoms with van der Waals surface area (Å²) in [5.41, 5.74) is 5.13. The van der Waals surface area contributed by atoms with Crippen LogP contribution in [0.15, 0.2) is 53.6 Å². The molecule has 0 aliphatic rings. The minimum atomic E-state index is -0.253. The van der Waals surface area contributed by atoms with Crippen molar-refractivity contribution in [1.29, 1.82) is 0 Å². The molecule has 0 heterocycles. The topological polar surface area (TPSA) is 50.7 Å². The number of terminal acetylenes is 1. The summed E-state index contributed by atoms with van der Waals surface area (Å²) in [4.78, 5) is 12.1. The molecule has 1 amide bonds. The molecule has 128 valence electrons. The zero-order valence-corrected chi connectivity index (χ0v) is 14.7. The summed E-state index contributed by atoms with van der Waals surface area (Å²) in [7, 11) is 0. The number of nitrogens with zero attached hydrogens (tertiary/aromatic N) is 1. The molecule has 2 aromatic carbocycles. The van der Waals surface area contributed by atoms with Gasteiger partial charge in [-0.3, -0.25) is 4.79 Å². The van der Waals surface area contributed by atoms with Crippen LogP contribution < -0.4 is 10.2 Å². The molecule has 25 heavy (non-hydrogen) atoms. The van der Waals surface area contributed by atoms with Crippen molar-refractivity contribution in [1.82, 2.24) is 5.43 Å². The Kier molecular flexibility index (Phi) is 5.97. The Bertz CT molecular complexity index is 794. The van der Waals surface area contributed by atoms with Gasteiger partial charge < -0.3 is 4.74 Å². The lowest BCUT2D eigenvalue weighted by atomic mass is 9.87. The SMILES string of the molecule is C#CCOc1cccc(/C=N\NC(=O)c2ccc(C(C)(C)C)cc2)c1. The fourth-order valence-corrected chi connectivity index (χ4v) is 2.16. The summed E-state index contributed by atoms with van der Waals surface area (Å²) < 4.78 is 5.35. The summed E-state index contributed by atoms with van der Waals surface area (Å²) >= 11 is 0. The lowest BCUT2D eigenvalue weighted by Crippen LogP contribution is -2.18. The molecule has 2 aromatic rings. The van der Waals surface area contributed by atoms with Crippen LogP contribution in [0.3, 0.4) is 0 Å². The molecule has 0 aliphatic carbocycles. The van der Waals surface area contributed by atoms with Gasteiger partial charge in [0.2, 0.25) is 0 Å². The quantitative estimate of drug-likeness (QED) is 0.514. The first kappa shape index (κ1) is 18.3. The molecule has 0 aromatic heterocycles. The van der Waals surface area contributed by atoms with Gasteiger partial charge in [-0.2, -0.15) is 5.10 Å². The summed E-state index contributed by atoms with van der Waals surface area (Å²) in [6.45, 7) is 6.61. The average Bonchev–Trinajstić information content (AvgIpc) is 2.59. The fraction of sp³-hybridized carbons (Fsp3) is 0.238. The van der Waals surface area contributed by atoms with Gasteiger partial charge >= 0.3 is 0 Å². The van der Waals surface area contributed by atoms with E-state index in [9.17, 15) is 4.79 Å². The van der Waals surface area contributed by atoms with Crippen molar-refractivity contribution in [3.63, 3.8) is 0 Å². The average molecular weight is 334 g/mol. The van der Waals surface area contributed by atoms with Gasteiger partial charge in [0.1, 0.15) is 12.4 Å². The van der Waals surface area contributed by atoms with Crippen molar-refractivity contribution >= 4 is 12.1 Å². The van der Waals surface area contributed by atoms with Crippen LogP contribution in [0.5, 0.6) is 5.75 Å². The molecule has 0 bridgehead atoms. The Morgan fingerprint density at radius 1 is 1.24 bits per heavy atom. The number of hydrazone groups is 1. The summed E-state index contributed by atoms with van der Waals surface area (Å²) in [5, 5.41) is 3.99.